The van der Waals surface area contributed by atoms with Crippen LogP contribution >= 0.6 is 0 Å². The van der Waals surface area contributed by atoms with Crippen LogP contribution in [0.4, 0.5) is 0 Å². The van der Waals surface area contributed by atoms with Gasteiger partial charge < -0.3 is 49.6 Å². The van der Waals surface area contributed by atoms with Crippen LogP contribution in [0, 0.1) is 45.3 Å². The van der Waals surface area contributed by atoms with Crippen molar-refractivity contribution in [1.29, 1.82) is 0 Å². The van der Waals surface area contributed by atoms with Crippen LogP contribution in [0.5, 0.6) is 0 Å². The number of hydrogen-bond acceptors (Lipinski definition) is 12. The predicted octanol–water partition coefficient (Wildman–Crippen LogP) is 1.48. The van der Waals surface area contributed by atoms with Gasteiger partial charge in [-0.2, -0.15) is 0 Å². The van der Waals surface area contributed by atoms with E-state index < -0.39 is 94.1 Å². The third-order valence-electron chi connectivity index (χ3n) is 14.3. The summed E-state index contributed by atoms with van der Waals surface area (Å²) >= 11 is 0. The van der Waals surface area contributed by atoms with Crippen molar-refractivity contribution in [2.75, 3.05) is 6.61 Å². The van der Waals surface area contributed by atoms with Crippen LogP contribution in [0.1, 0.15) is 81.1 Å². The highest BCUT2D eigenvalue weighted by atomic mass is 16.7. The van der Waals surface area contributed by atoms with Gasteiger partial charge >= 0.3 is 0 Å². The Morgan fingerprint density at radius 3 is 2.27 bits per heavy atom. The summed E-state index contributed by atoms with van der Waals surface area (Å²) < 4.78 is 24.2. The van der Waals surface area contributed by atoms with Crippen molar-refractivity contribution >= 4 is 11.6 Å². The average Bonchev–Trinajstić information content (AvgIpc) is 3.32. The molecule has 0 spiro atoms. The van der Waals surface area contributed by atoms with Crippen LogP contribution in [-0.2, 0) is 28.5 Å². The second-order valence-electron chi connectivity index (χ2n) is 17.6. The molecule has 3 saturated heterocycles. The molecule has 0 aromatic carbocycles. The van der Waals surface area contributed by atoms with Gasteiger partial charge in [-0.1, -0.05) is 39.3 Å². The molecule has 2 saturated carbocycles. The molecule has 48 heavy (non-hydrogen) atoms. The van der Waals surface area contributed by atoms with E-state index in [-0.39, 0.29) is 42.0 Å². The predicted molar refractivity (Wildman–Crippen MR) is 167 cm³/mol. The summed E-state index contributed by atoms with van der Waals surface area (Å²) in [5, 5.41) is 64.7. The first-order valence-electron chi connectivity index (χ1n) is 17.3. The molecule has 268 valence electrons. The van der Waals surface area contributed by atoms with Crippen molar-refractivity contribution in [3.63, 3.8) is 0 Å². The van der Waals surface area contributed by atoms with Gasteiger partial charge in [0.2, 0.25) is 23.6 Å². The average molecular weight is 677 g/mol. The van der Waals surface area contributed by atoms with Crippen molar-refractivity contribution in [3.05, 3.63) is 23.5 Å². The molecule has 6 N–H and O–H groups in total. The summed E-state index contributed by atoms with van der Waals surface area (Å²) in [6.45, 7) is 14.7. The smallest absolute Gasteiger partial charge is 0.229 e. The Kier molecular flexibility index (Phi) is 7.37. The van der Waals surface area contributed by atoms with E-state index in [0.29, 0.717) is 12.8 Å². The molecule has 12 heteroatoms. The van der Waals surface area contributed by atoms with E-state index in [9.17, 15) is 40.2 Å². The van der Waals surface area contributed by atoms with Crippen molar-refractivity contribution in [3.8, 4) is 0 Å². The maximum Gasteiger partial charge on any atom is 0.229 e. The molecule has 7 aliphatic rings. The van der Waals surface area contributed by atoms with E-state index in [4.69, 9.17) is 18.9 Å². The fraction of sp³-hybridized carbons (Fsp3) is 0.833. The van der Waals surface area contributed by atoms with Gasteiger partial charge in [-0.15, -0.1) is 0 Å². The SMILES string of the molecule is C[C@H]1[C@H]2[C@@H](C[C@@]3(C)[C@@H]4CC=C5[C@@H](C=C(O[C@@H]6O[C@H](CO)[C@@H](O)[C@H](O)[C@H]6O)C(=O)C5(C)C)[C@]4(C)C(=O)C[C@]23C)O[C@@]2(O)CC(C)(C)O[C@@]12O. The minimum absolute atomic E-state index is 0.0185. The Balaban J connectivity index is 1.27. The Morgan fingerprint density at radius 1 is 0.958 bits per heavy atom. The number of rotatable bonds is 3. The van der Waals surface area contributed by atoms with Gasteiger partial charge in [0, 0.05) is 30.1 Å². The summed E-state index contributed by atoms with van der Waals surface area (Å²) in [6.07, 6.45) is -3.04. The van der Waals surface area contributed by atoms with Crippen molar-refractivity contribution in [2.24, 2.45) is 45.3 Å². The van der Waals surface area contributed by atoms with Crippen LogP contribution < -0.4 is 0 Å². The summed E-state index contributed by atoms with van der Waals surface area (Å²) in [4.78, 5) is 28.8. The number of fused-ring (bicyclic) bond motifs is 8. The summed E-state index contributed by atoms with van der Waals surface area (Å²) in [7, 11) is 0. The Morgan fingerprint density at radius 2 is 1.62 bits per heavy atom. The summed E-state index contributed by atoms with van der Waals surface area (Å²) in [5.74, 6) is -5.89. The third kappa shape index (κ3) is 4.09. The molecule has 15 atom stereocenters. The normalized spacial score (nSPS) is 55.0. The maximum absolute atomic E-state index is 14.8. The summed E-state index contributed by atoms with van der Waals surface area (Å²) in [5.41, 5.74) is -3.15. The summed E-state index contributed by atoms with van der Waals surface area (Å²) in [6, 6.07) is 0. The first-order chi connectivity index (χ1) is 22.0. The highest BCUT2D eigenvalue weighted by Gasteiger charge is 2.79. The van der Waals surface area contributed by atoms with E-state index in [0.717, 1.165) is 5.57 Å². The molecule has 0 aromatic rings. The minimum atomic E-state index is -1.94. The standard InChI is InChI=1S/C36H52O12/c1-16-24-20(47-35(43)15-30(2,3)48-36(16,35)44)12-32(6)22-10-9-17-18(34(22,8)23(38)13-33(24,32)7)11-19(28(42)31(17,4)5)45-29-27(41)26(40)25(39)21(14-37)46-29/h9,11,16,18,20-22,24-27,29,37,39-41,43-44H,10,12-15H2,1-8H3/t16-,18+,20+,21+,22-,24-,25+,26-,27+,29+,32-,33+,34-,35-,36-/m0/s1. The lowest BCUT2D eigenvalue weighted by molar-refractivity contribution is -0.417. The third-order valence-corrected chi connectivity index (χ3v) is 14.3. The molecule has 0 unspecified atom stereocenters. The topological polar surface area (TPSA) is 192 Å². The van der Waals surface area contributed by atoms with Gasteiger partial charge in [-0.3, -0.25) is 9.59 Å². The molecule has 4 aliphatic carbocycles. The number of ether oxygens (including phenoxy) is 4. The Bertz CT molecular complexity index is 1480. The van der Waals surface area contributed by atoms with Crippen molar-refractivity contribution in [2.45, 2.75) is 135 Å². The van der Waals surface area contributed by atoms with Crippen LogP contribution in [-0.4, -0.2) is 103 Å². The molecular formula is C36H52O12. The number of aliphatic hydroxyl groups excluding tert-OH is 4. The quantitative estimate of drug-likeness (QED) is 0.236. The monoisotopic (exact) mass is 676 g/mol. The second kappa shape index (κ2) is 10.2. The van der Waals surface area contributed by atoms with Crippen LogP contribution in [0.25, 0.3) is 0 Å². The zero-order valence-electron chi connectivity index (χ0n) is 29.1. The first-order valence-corrected chi connectivity index (χ1v) is 17.3. The fourth-order valence-electron chi connectivity index (χ4n) is 11.7. The minimum Gasteiger partial charge on any atom is -0.459 e. The van der Waals surface area contributed by atoms with Gasteiger partial charge in [-0.05, 0) is 69.3 Å². The Labute approximate surface area is 281 Å². The van der Waals surface area contributed by atoms with E-state index in [2.05, 4.69) is 19.9 Å². The van der Waals surface area contributed by atoms with Crippen molar-refractivity contribution < 1.29 is 59.2 Å². The highest BCUT2D eigenvalue weighted by Crippen LogP contribution is 2.76. The van der Waals surface area contributed by atoms with Gasteiger partial charge in [0.1, 0.15) is 30.2 Å². The van der Waals surface area contributed by atoms with Crippen molar-refractivity contribution in [1.82, 2.24) is 0 Å². The lowest BCUT2D eigenvalue weighted by Crippen LogP contribution is -2.67. The zero-order chi connectivity index (χ0) is 35.4. The number of Topliss-reactive ketones (excluding diaryl/α,β-unsaturated/α-hetero) is 2. The van der Waals surface area contributed by atoms with Gasteiger partial charge in [0.15, 0.2) is 5.76 Å². The molecule has 5 fully saturated rings. The Hall–Kier alpha value is -1.74. The van der Waals surface area contributed by atoms with Crippen LogP contribution in [0.2, 0.25) is 0 Å². The molecule has 12 nitrogen and oxygen atoms in total. The highest BCUT2D eigenvalue weighted by molar-refractivity contribution is 6.02. The number of hydrogen-bond donors (Lipinski definition) is 6. The molecule has 0 aromatic heterocycles. The molecule has 0 bridgehead atoms. The van der Waals surface area contributed by atoms with E-state index in [1.807, 2.05) is 27.7 Å². The number of aliphatic hydroxyl groups is 6. The molecule has 0 radical (unpaired) electrons. The second-order valence-corrected chi connectivity index (χ2v) is 17.6. The molecule has 3 aliphatic heterocycles. The number of ketones is 2. The fourth-order valence-corrected chi connectivity index (χ4v) is 11.7. The van der Waals surface area contributed by atoms with E-state index in [1.54, 1.807) is 19.9 Å². The molecule has 7 rings (SSSR count). The number of allylic oxidation sites excluding steroid dienone is 4. The van der Waals surface area contributed by atoms with Gasteiger partial charge in [0.05, 0.1) is 23.7 Å². The van der Waals surface area contributed by atoms with E-state index in [1.165, 1.54) is 0 Å². The zero-order valence-corrected chi connectivity index (χ0v) is 29.1. The van der Waals surface area contributed by atoms with Gasteiger partial charge in [0.25, 0.3) is 0 Å². The lowest BCUT2D eigenvalue weighted by Gasteiger charge is -2.64. The number of carbonyl (C=O) groups is 2. The van der Waals surface area contributed by atoms with Crippen LogP contribution in [0.3, 0.4) is 0 Å². The maximum atomic E-state index is 14.8. The lowest BCUT2D eigenvalue weighted by atomic mass is 9.39. The van der Waals surface area contributed by atoms with E-state index >= 15 is 0 Å². The molecular weight excluding hydrogens is 624 g/mol. The largest absolute Gasteiger partial charge is 0.459 e. The first kappa shape index (κ1) is 34.7. The van der Waals surface area contributed by atoms with Crippen LogP contribution in [0.15, 0.2) is 23.5 Å². The molecule has 0 amide bonds. The molecule has 3 heterocycles. The van der Waals surface area contributed by atoms with Gasteiger partial charge in [-0.25, -0.2) is 0 Å². The number of carbonyl (C=O) groups excluding carboxylic acids is 2.